The smallest absolute Gasteiger partial charge is 0.409 e. The molecule has 0 saturated carbocycles. The molecule has 1 atom stereocenters. The maximum Gasteiger partial charge on any atom is 0.409 e. The average molecular weight is 534 g/mol. The molecule has 1 N–H and O–H groups in total. The predicted molar refractivity (Wildman–Crippen MR) is 162 cm³/mol. The standard InChI is InChI=1S/C35H39N3O2/c39-35(37-23-21-33(22-24-37)36-32-19-11-4-12-20-32)40-28-34(25-29-13-5-1-6-14-29)38(26-30-15-7-2-8-16-30)27-31-17-9-3-10-18-31/h1-20,33-34,36H,21-28H2/t34-/m0/s1. The van der Waals surface area contributed by atoms with Gasteiger partial charge in [0.15, 0.2) is 0 Å². The Labute approximate surface area is 238 Å². The van der Waals surface area contributed by atoms with Crippen molar-refractivity contribution in [2.45, 2.75) is 44.4 Å². The Balaban J connectivity index is 1.25. The highest BCUT2D eigenvalue weighted by atomic mass is 16.6. The summed E-state index contributed by atoms with van der Waals surface area (Å²) >= 11 is 0. The lowest BCUT2D eigenvalue weighted by molar-refractivity contribution is 0.0543. The molecule has 40 heavy (non-hydrogen) atoms. The van der Waals surface area contributed by atoms with Crippen LogP contribution in [0.15, 0.2) is 121 Å². The Morgan fingerprint density at radius 3 is 1.73 bits per heavy atom. The number of amides is 1. The van der Waals surface area contributed by atoms with Crippen molar-refractivity contribution in [1.29, 1.82) is 0 Å². The third-order valence-electron chi connectivity index (χ3n) is 7.58. The molecule has 206 valence electrons. The van der Waals surface area contributed by atoms with Crippen LogP contribution in [0.3, 0.4) is 0 Å². The number of benzene rings is 4. The van der Waals surface area contributed by atoms with E-state index in [4.69, 9.17) is 4.74 Å². The van der Waals surface area contributed by atoms with Crippen molar-refractivity contribution in [2.75, 3.05) is 25.0 Å². The number of anilines is 1. The summed E-state index contributed by atoms with van der Waals surface area (Å²) < 4.78 is 6.05. The number of nitrogens with one attached hydrogen (secondary N) is 1. The van der Waals surface area contributed by atoms with E-state index in [9.17, 15) is 4.79 Å². The van der Waals surface area contributed by atoms with Crippen LogP contribution in [0.1, 0.15) is 29.5 Å². The zero-order valence-corrected chi connectivity index (χ0v) is 23.1. The fourth-order valence-corrected chi connectivity index (χ4v) is 5.36. The van der Waals surface area contributed by atoms with Crippen LogP contribution < -0.4 is 5.32 Å². The van der Waals surface area contributed by atoms with Gasteiger partial charge in [-0.3, -0.25) is 4.90 Å². The number of likely N-dealkylation sites (tertiary alicyclic amines) is 1. The maximum absolute atomic E-state index is 13.2. The molecule has 1 fully saturated rings. The first-order valence-electron chi connectivity index (χ1n) is 14.3. The van der Waals surface area contributed by atoms with Crippen LogP contribution in [0.25, 0.3) is 0 Å². The summed E-state index contributed by atoms with van der Waals surface area (Å²) in [5.41, 5.74) is 4.86. The summed E-state index contributed by atoms with van der Waals surface area (Å²) in [7, 11) is 0. The van der Waals surface area contributed by atoms with Crippen molar-refractivity contribution in [2.24, 2.45) is 0 Å². The fraction of sp³-hybridized carbons (Fsp3) is 0.286. The molecule has 1 saturated heterocycles. The number of carbonyl (C=O) groups is 1. The Morgan fingerprint density at radius 2 is 1.20 bits per heavy atom. The highest BCUT2D eigenvalue weighted by Crippen LogP contribution is 2.20. The Bertz CT molecular complexity index is 1240. The number of rotatable bonds is 11. The van der Waals surface area contributed by atoms with Gasteiger partial charge in [0.25, 0.3) is 0 Å². The third kappa shape index (κ3) is 8.20. The minimum atomic E-state index is -0.212. The van der Waals surface area contributed by atoms with Crippen molar-refractivity contribution in [3.63, 3.8) is 0 Å². The first kappa shape index (κ1) is 27.5. The van der Waals surface area contributed by atoms with Crippen LogP contribution in [-0.4, -0.2) is 47.7 Å². The molecule has 4 aromatic carbocycles. The summed E-state index contributed by atoms with van der Waals surface area (Å²) in [6.45, 7) is 3.30. The van der Waals surface area contributed by atoms with E-state index >= 15 is 0 Å². The molecule has 0 unspecified atom stereocenters. The lowest BCUT2D eigenvalue weighted by atomic mass is 10.0. The van der Waals surface area contributed by atoms with Gasteiger partial charge in [0.2, 0.25) is 0 Å². The number of piperidine rings is 1. The maximum atomic E-state index is 13.2. The van der Waals surface area contributed by atoms with Crippen molar-refractivity contribution in [1.82, 2.24) is 9.80 Å². The van der Waals surface area contributed by atoms with E-state index < -0.39 is 0 Å². The molecule has 0 bridgehead atoms. The second kappa shape index (κ2) is 14.3. The molecule has 5 heteroatoms. The van der Waals surface area contributed by atoms with Crippen molar-refractivity contribution in [3.8, 4) is 0 Å². The van der Waals surface area contributed by atoms with Crippen molar-refractivity contribution >= 4 is 11.8 Å². The van der Waals surface area contributed by atoms with Gasteiger partial charge in [-0.25, -0.2) is 4.79 Å². The molecule has 4 aromatic rings. The van der Waals surface area contributed by atoms with E-state index in [-0.39, 0.29) is 12.1 Å². The van der Waals surface area contributed by atoms with Crippen LogP contribution >= 0.6 is 0 Å². The van der Waals surface area contributed by atoms with E-state index in [0.717, 1.165) is 38.0 Å². The summed E-state index contributed by atoms with van der Waals surface area (Å²) in [5.74, 6) is 0. The van der Waals surface area contributed by atoms with Gasteiger partial charge < -0.3 is 15.0 Å². The third-order valence-corrected chi connectivity index (χ3v) is 7.58. The number of carbonyl (C=O) groups excluding carboxylic acids is 1. The van der Waals surface area contributed by atoms with Crippen molar-refractivity contribution in [3.05, 3.63) is 138 Å². The Morgan fingerprint density at radius 1 is 0.725 bits per heavy atom. The first-order valence-corrected chi connectivity index (χ1v) is 14.3. The molecule has 1 aliphatic rings. The van der Waals surface area contributed by atoms with Gasteiger partial charge in [-0.15, -0.1) is 0 Å². The average Bonchev–Trinajstić information content (AvgIpc) is 3.01. The number of nitrogens with zero attached hydrogens (tertiary/aromatic N) is 2. The van der Waals surface area contributed by atoms with Gasteiger partial charge in [-0.05, 0) is 48.1 Å². The summed E-state index contributed by atoms with van der Waals surface area (Å²) in [6, 6.07) is 42.3. The van der Waals surface area contributed by atoms with Gasteiger partial charge in [-0.1, -0.05) is 109 Å². The quantitative estimate of drug-likeness (QED) is 0.225. The summed E-state index contributed by atoms with van der Waals surface area (Å²) in [4.78, 5) is 17.5. The highest BCUT2D eigenvalue weighted by molar-refractivity contribution is 5.67. The Hall–Kier alpha value is -4.09. The van der Waals surface area contributed by atoms with Crippen LogP contribution in [0.5, 0.6) is 0 Å². The van der Waals surface area contributed by atoms with Gasteiger partial charge in [0, 0.05) is 44.0 Å². The lowest BCUT2D eigenvalue weighted by Gasteiger charge is -2.34. The molecule has 0 spiro atoms. The van der Waals surface area contributed by atoms with E-state index in [1.165, 1.54) is 16.7 Å². The van der Waals surface area contributed by atoms with Crippen LogP contribution in [0.2, 0.25) is 0 Å². The van der Waals surface area contributed by atoms with Crippen LogP contribution in [0, 0.1) is 0 Å². The second-order valence-corrected chi connectivity index (χ2v) is 10.6. The fourth-order valence-electron chi connectivity index (χ4n) is 5.36. The summed E-state index contributed by atoms with van der Waals surface area (Å²) in [5, 5.41) is 3.59. The minimum absolute atomic E-state index is 0.0315. The molecule has 1 aliphatic heterocycles. The molecule has 0 aliphatic carbocycles. The Kier molecular flexibility index (Phi) is 9.85. The molecular formula is C35H39N3O2. The first-order chi connectivity index (χ1) is 19.7. The van der Waals surface area contributed by atoms with Gasteiger partial charge in [-0.2, -0.15) is 0 Å². The SMILES string of the molecule is O=C(OC[C@H](Cc1ccccc1)N(Cc1ccccc1)Cc1ccccc1)N1CCC(Nc2ccccc2)CC1. The van der Waals surface area contributed by atoms with Crippen molar-refractivity contribution < 1.29 is 9.53 Å². The minimum Gasteiger partial charge on any atom is -0.448 e. The second-order valence-electron chi connectivity index (χ2n) is 10.6. The molecule has 5 nitrogen and oxygen atoms in total. The monoisotopic (exact) mass is 533 g/mol. The molecular weight excluding hydrogens is 494 g/mol. The predicted octanol–water partition coefficient (Wildman–Crippen LogP) is 7.01. The topological polar surface area (TPSA) is 44.8 Å². The van der Waals surface area contributed by atoms with E-state index in [1.807, 2.05) is 41.3 Å². The molecule has 1 heterocycles. The number of ether oxygens (including phenoxy) is 1. The highest BCUT2D eigenvalue weighted by Gasteiger charge is 2.26. The lowest BCUT2D eigenvalue weighted by Crippen LogP contribution is -2.45. The van der Waals surface area contributed by atoms with Gasteiger partial charge in [0.05, 0.1) is 0 Å². The van der Waals surface area contributed by atoms with Gasteiger partial charge >= 0.3 is 6.09 Å². The zero-order chi connectivity index (χ0) is 27.4. The molecule has 1 amide bonds. The molecule has 5 rings (SSSR count). The van der Waals surface area contributed by atoms with Crippen LogP contribution in [-0.2, 0) is 24.2 Å². The largest absolute Gasteiger partial charge is 0.448 e. The van der Waals surface area contributed by atoms with E-state index in [1.54, 1.807) is 0 Å². The molecule has 0 aromatic heterocycles. The number of hydrogen-bond acceptors (Lipinski definition) is 4. The van der Waals surface area contributed by atoms with E-state index in [2.05, 4.69) is 95.1 Å². The van der Waals surface area contributed by atoms with Crippen LogP contribution in [0.4, 0.5) is 10.5 Å². The number of hydrogen-bond donors (Lipinski definition) is 1. The van der Waals surface area contributed by atoms with E-state index in [0.29, 0.717) is 25.7 Å². The normalized spacial score (nSPS) is 14.6. The molecule has 0 radical (unpaired) electrons. The number of para-hydroxylation sites is 1. The van der Waals surface area contributed by atoms with Gasteiger partial charge in [0.1, 0.15) is 6.61 Å². The zero-order valence-electron chi connectivity index (χ0n) is 23.1. The summed E-state index contributed by atoms with van der Waals surface area (Å²) in [6.07, 6.45) is 2.41.